The van der Waals surface area contributed by atoms with Crippen LogP contribution in [0.25, 0.3) is 0 Å². The molecular weight excluding hydrogens is 541 g/mol. The normalized spacial score (nSPS) is 12.5. The Bertz CT molecular complexity index is 1380. The number of halogens is 2. The van der Waals surface area contributed by atoms with Gasteiger partial charge < -0.3 is 10.2 Å². The number of benzene rings is 3. The van der Waals surface area contributed by atoms with Gasteiger partial charge in [0.1, 0.15) is 18.4 Å². The predicted octanol–water partition coefficient (Wildman–Crippen LogP) is 4.80. The van der Waals surface area contributed by atoms with Crippen LogP contribution in [0.1, 0.15) is 31.9 Å². The first-order chi connectivity index (χ1) is 18.2. The molecule has 0 aliphatic heterocycles. The Kier molecular flexibility index (Phi) is 9.74. The predicted molar refractivity (Wildman–Crippen MR) is 152 cm³/mol. The Morgan fingerprint density at radius 3 is 2.05 bits per heavy atom. The van der Waals surface area contributed by atoms with E-state index in [1.165, 1.54) is 53.4 Å². The van der Waals surface area contributed by atoms with Gasteiger partial charge in [-0.2, -0.15) is 0 Å². The fourth-order valence-corrected chi connectivity index (χ4v) is 4.99. The van der Waals surface area contributed by atoms with Crippen molar-refractivity contribution in [2.75, 3.05) is 17.1 Å². The second kappa shape index (κ2) is 12.6. The summed E-state index contributed by atoms with van der Waals surface area (Å²) >= 11 is 5.98. The average Bonchev–Trinajstić information content (AvgIpc) is 2.85. The largest absolute Gasteiger partial charge is 0.350 e. The van der Waals surface area contributed by atoms with E-state index in [2.05, 4.69) is 5.32 Å². The van der Waals surface area contributed by atoms with Crippen LogP contribution in [0.15, 0.2) is 78.9 Å². The summed E-state index contributed by atoms with van der Waals surface area (Å²) in [6, 6.07) is 20.0. The first kappa shape index (κ1) is 30.1. The zero-order chi connectivity index (χ0) is 28.8. The van der Waals surface area contributed by atoms with Crippen LogP contribution in [-0.4, -0.2) is 49.5 Å². The number of rotatable bonds is 10. The van der Waals surface area contributed by atoms with Gasteiger partial charge in [0.2, 0.25) is 21.8 Å². The maximum Gasteiger partial charge on any atom is 0.244 e. The second-order valence-electron chi connectivity index (χ2n) is 10.3. The molecular formula is C29H33ClFN3O4S. The van der Waals surface area contributed by atoms with E-state index in [1.54, 1.807) is 0 Å². The Morgan fingerprint density at radius 1 is 0.923 bits per heavy atom. The summed E-state index contributed by atoms with van der Waals surface area (Å²) in [5.74, 6) is -1.42. The molecule has 7 nitrogen and oxygen atoms in total. The van der Waals surface area contributed by atoms with E-state index >= 15 is 0 Å². The summed E-state index contributed by atoms with van der Waals surface area (Å²) in [6.45, 7) is 4.93. The first-order valence-corrected chi connectivity index (χ1v) is 14.6. The molecule has 10 heteroatoms. The lowest BCUT2D eigenvalue weighted by Crippen LogP contribution is -2.56. The average molecular weight is 574 g/mol. The standard InChI is InChI=1S/C29H33ClFN3O4S/c1-29(2,3)32-28(36)26(18-21-8-6-5-7-9-21)33(19-22-10-14-24(31)15-11-22)27(35)20-34(39(4,37)38)25-16-12-23(30)13-17-25/h5-17,26H,18-20H2,1-4H3,(H,32,36)/t26-/m1/s1. The minimum atomic E-state index is -3.88. The number of nitrogens with one attached hydrogen (secondary N) is 1. The van der Waals surface area contributed by atoms with Gasteiger partial charge in [-0.25, -0.2) is 12.8 Å². The summed E-state index contributed by atoms with van der Waals surface area (Å²) in [5, 5.41) is 3.37. The van der Waals surface area contributed by atoms with Crippen molar-refractivity contribution in [2.24, 2.45) is 0 Å². The highest BCUT2D eigenvalue weighted by Crippen LogP contribution is 2.22. The van der Waals surface area contributed by atoms with Crippen LogP contribution in [0.5, 0.6) is 0 Å². The lowest BCUT2D eigenvalue weighted by atomic mass is 10.0. The Balaban J connectivity index is 2.06. The number of hydrogen-bond acceptors (Lipinski definition) is 4. The highest BCUT2D eigenvalue weighted by Gasteiger charge is 2.34. The quantitative estimate of drug-likeness (QED) is 0.377. The molecule has 0 spiro atoms. The summed E-state index contributed by atoms with van der Waals surface area (Å²) in [6.07, 6.45) is 1.20. The van der Waals surface area contributed by atoms with Gasteiger partial charge in [-0.15, -0.1) is 0 Å². The molecule has 1 atom stereocenters. The lowest BCUT2D eigenvalue weighted by molar-refractivity contribution is -0.140. The number of hydrogen-bond donors (Lipinski definition) is 1. The van der Waals surface area contributed by atoms with Gasteiger partial charge in [-0.05, 0) is 68.3 Å². The molecule has 3 rings (SSSR count). The van der Waals surface area contributed by atoms with Gasteiger partial charge in [-0.1, -0.05) is 54.1 Å². The third-order valence-electron chi connectivity index (χ3n) is 5.83. The first-order valence-electron chi connectivity index (χ1n) is 12.4. The number of nitrogens with zero attached hydrogens (tertiary/aromatic N) is 2. The molecule has 0 bridgehead atoms. The number of carbonyl (C=O) groups excluding carboxylic acids is 2. The van der Waals surface area contributed by atoms with Crippen molar-refractivity contribution in [1.82, 2.24) is 10.2 Å². The van der Waals surface area contributed by atoms with Crippen LogP contribution in [-0.2, 0) is 32.6 Å². The van der Waals surface area contributed by atoms with Crippen molar-refractivity contribution >= 4 is 39.1 Å². The van der Waals surface area contributed by atoms with E-state index in [-0.39, 0.29) is 24.6 Å². The van der Waals surface area contributed by atoms with Crippen LogP contribution in [0, 0.1) is 5.82 Å². The summed E-state index contributed by atoms with van der Waals surface area (Å²) < 4.78 is 40.1. The van der Waals surface area contributed by atoms with Gasteiger partial charge in [0.05, 0.1) is 11.9 Å². The Morgan fingerprint density at radius 2 is 1.51 bits per heavy atom. The molecule has 1 N–H and O–H groups in total. The van der Waals surface area contributed by atoms with E-state index < -0.39 is 39.9 Å². The summed E-state index contributed by atoms with van der Waals surface area (Å²) in [4.78, 5) is 28.9. The van der Waals surface area contributed by atoms with Crippen LogP contribution >= 0.6 is 11.6 Å². The Labute approximate surface area is 234 Å². The van der Waals surface area contributed by atoms with Crippen LogP contribution in [0.4, 0.5) is 10.1 Å². The maximum atomic E-state index is 14.0. The molecule has 3 aromatic rings. The minimum Gasteiger partial charge on any atom is -0.350 e. The molecule has 208 valence electrons. The van der Waals surface area contributed by atoms with Gasteiger partial charge in [-0.3, -0.25) is 13.9 Å². The Hall–Kier alpha value is -3.43. The molecule has 0 fully saturated rings. The summed E-state index contributed by atoms with van der Waals surface area (Å²) in [7, 11) is -3.88. The van der Waals surface area contributed by atoms with E-state index in [0.29, 0.717) is 10.6 Å². The molecule has 2 amide bonds. The van der Waals surface area contributed by atoms with Crippen LogP contribution in [0.3, 0.4) is 0 Å². The number of anilines is 1. The molecule has 0 aromatic heterocycles. The van der Waals surface area contributed by atoms with Gasteiger partial charge in [0.25, 0.3) is 0 Å². The maximum absolute atomic E-state index is 14.0. The van der Waals surface area contributed by atoms with Crippen molar-refractivity contribution in [3.8, 4) is 0 Å². The molecule has 0 unspecified atom stereocenters. The van der Waals surface area contributed by atoms with Crippen molar-refractivity contribution in [3.63, 3.8) is 0 Å². The topological polar surface area (TPSA) is 86.8 Å². The highest BCUT2D eigenvalue weighted by molar-refractivity contribution is 7.92. The van der Waals surface area contributed by atoms with Crippen molar-refractivity contribution < 1.29 is 22.4 Å². The number of amides is 2. The van der Waals surface area contributed by atoms with Crippen molar-refractivity contribution in [1.29, 1.82) is 0 Å². The minimum absolute atomic E-state index is 0.0353. The monoisotopic (exact) mass is 573 g/mol. The second-order valence-corrected chi connectivity index (χ2v) is 12.7. The highest BCUT2D eigenvalue weighted by atomic mass is 35.5. The molecule has 0 aliphatic carbocycles. The molecule has 0 heterocycles. The fourth-order valence-electron chi connectivity index (χ4n) is 4.01. The number of carbonyl (C=O) groups is 2. The van der Waals surface area contributed by atoms with Crippen molar-refractivity contribution in [2.45, 2.75) is 45.3 Å². The molecule has 3 aromatic carbocycles. The van der Waals surface area contributed by atoms with Crippen LogP contribution < -0.4 is 9.62 Å². The molecule has 0 radical (unpaired) electrons. The van der Waals surface area contributed by atoms with Gasteiger partial charge >= 0.3 is 0 Å². The molecule has 0 saturated heterocycles. The molecule has 39 heavy (non-hydrogen) atoms. The molecule has 0 saturated carbocycles. The third-order valence-corrected chi connectivity index (χ3v) is 7.22. The SMILES string of the molecule is CC(C)(C)NC(=O)[C@@H](Cc1ccccc1)N(Cc1ccc(F)cc1)C(=O)CN(c1ccc(Cl)cc1)S(C)(=O)=O. The fraction of sp³-hybridized carbons (Fsp3) is 0.310. The third kappa shape index (κ3) is 9.07. The van der Waals surface area contributed by atoms with E-state index in [4.69, 9.17) is 11.6 Å². The van der Waals surface area contributed by atoms with Crippen LogP contribution in [0.2, 0.25) is 5.02 Å². The smallest absolute Gasteiger partial charge is 0.244 e. The summed E-state index contributed by atoms with van der Waals surface area (Å²) in [5.41, 5.74) is 1.08. The van der Waals surface area contributed by atoms with Crippen molar-refractivity contribution in [3.05, 3.63) is 101 Å². The number of sulfonamides is 1. The van der Waals surface area contributed by atoms with Gasteiger partial charge in [0, 0.05) is 23.5 Å². The zero-order valence-electron chi connectivity index (χ0n) is 22.4. The van der Waals surface area contributed by atoms with E-state index in [0.717, 1.165) is 16.1 Å². The molecule has 0 aliphatic rings. The zero-order valence-corrected chi connectivity index (χ0v) is 24.0. The lowest BCUT2D eigenvalue weighted by Gasteiger charge is -2.35. The van der Waals surface area contributed by atoms with Gasteiger partial charge in [0.15, 0.2) is 0 Å². The van der Waals surface area contributed by atoms with E-state index in [1.807, 2.05) is 51.1 Å². The van der Waals surface area contributed by atoms with E-state index in [9.17, 15) is 22.4 Å².